The van der Waals surface area contributed by atoms with E-state index in [1.54, 1.807) is 12.1 Å². The Morgan fingerprint density at radius 1 is 1.22 bits per heavy atom. The molecule has 0 radical (unpaired) electrons. The number of benzene rings is 1. The van der Waals surface area contributed by atoms with Gasteiger partial charge in [0.05, 0.1) is 0 Å². The molecule has 0 saturated carbocycles. The first-order valence-electron chi connectivity index (χ1n) is 6.63. The minimum atomic E-state index is -4.29. The minimum absolute atomic E-state index is 0.134. The minimum Gasteiger partial charge on any atom is -0.383 e. The summed E-state index contributed by atoms with van der Waals surface area (Å²) in [6.07, 6.45) is 1.82. The van der Waals surface area contributed by atoms with E-state index in [9.17, 15) is 13.2 Å². The molecule has 5 nitrogen and oxygen atoms in total. The first-order chi connectivity index (χ1) is 10.8. The maximum Gasteiger partial charge on any atom is 0.446 e. The number of aromatic nitrogens is 4. The van der Waals surface area contributed by atoms with Crippen LogP contribution in [0.25, 0.3) is 5.78 Å². The molecular weight excluding hydrogens is 327 g/mol. The summed E-state index contributed by atoms with van der Waals surface area (Å²) in [7, 11) is 0. The molecule has 0 aliphatic carbocycles. The number of nitrogens with zero attached hydrogens (tertiary/aromatic N) is 4. The Morgan fingerprint density at radius 3 is 2.57 bits per heavy atom. The number of fused-ring (bicyclic) bond motifs is 1. The molecule has 0 aliphatic rings. The summed E-state index contributed by atoms with van der Waals surface area (Å²) < 4.78 is 38.4. The molecule has 3 aromatic rings. The standard InChI is InChI=1S/C14H12F3N5S/c1-8-11(12(18)22-13(21-8)19-7-20-22)6-9-2-4-10(5-3-9)23-14(15,16)17/h2-5,7H,6,18H2,1H3. The third kappa shape index (κ3) is 3.39. The van der Waals surface area contributed by atoms with Crippen LogP contribution in [-0.2, 0) is 6.42 Å². The maximum absolute atomic E-state index is 12.3. The van der Waals surface area contributed by atoms with Crippen molar-refractivity contribution in [1.29, 1.82) is 0 Å². The topological polar surface area (TPSA) is 69.1 Å². The molecule has 0 fully saturated rings. The van der Waals surface area contributed by atoms with Crippen molar-refractivity contribution < 1.29 is 13.2 Å². The maximum atomic E-state index is 12.3. The molecule has 0 spiro atoms. The normalized spacial score (nSPS) is 12.0. The van der Waals surface area contributed by atoms with Crippen molar-refractivity contribution in [3.8, 4) is 0 Å². The van der Waals surface area contributed by atoms with E-state index in [-0.39, 0.29) is 16.7 Å². The zero-order valence-corrected chi connectivity index (χ0v) is 12.8. The van der Waals surface area contributed by atoms with Crippen LogP contribution in [0.3, 0.4) is 0 Å². The fourth-order valence-electron chi connectivity index (χ4n) is 2.24. The van der Waals surface area contributed by atoms with Gasteiger partial charge in [-0.25, -0.2) is 4.98 Å². The average molecular weight is 339 g/mol. The van der Waals surface area contributed by atoms with Crippen LogP contribution in [-0.4, -0.2) is 25.1 Å². The molecule has 23 heavy (non-hydrogen) atoms. The van der Waals surface area contributed by atoms with Crippen molar-refractivity contribution in [3.63, 3.8) is 0 Å². The van der Waals surface area contributed by atoms with E-state index < -0.39 is 5.51 Å². The molecule has 0 atom stereocenters. The predicted molar refractivity (Wildman–Crippen MR) is 81.1 cm³/mol. The number of thioether (sulfide) groups is 1. The number of hydrogen-bond donors (Lipinski definition) is 1. The van der Waals surface area contributed by atoms with Gasteiger partial charge in [0.2, 0.25) is 0 Å². The Labute approximate surface area is 133 Å². The van der Waals surface area contributed by atoms with Crippen molar-refractivity contribution in [3.05, 3.63) is 47.4 Å². The molecule has 3 rings (SSSR count). The molecule has 120 valence electrons. The Hall–Kier alpha value is -2.29. The molecule has 2 aromatic heterocycles. The lowest BCUT2D eigenvalue weighted by Crippen LogP contribution is -2.08. The van der Waals surface area contributed by atoms with Crippen LogP contribution in [0.2, 0.25) is 0 Å². The van der Waals surface area contributed by atoms with E-state index in [0.29, 0.717) is 18.0 Å². The van der Waals surface area contributed by atoms with Crippen molar-refractivity contribution in [2.75, 3.05) is 5.73 Å². The van der Waals surface area contributed by atoms with Gasteiger partial charge in [0, 0.05) is 22.6 Å². The number of rotatable bonds is 3. The summed E-state index contributed by atoms with van der Waals surface area (Å²) in [6, 6.07) is 6.19. The van der Waals surface area contributed by atoms with Crippen LogP contribution in [0, 0.1) is 6.92 Å². The van der Waals surface area contributed by atoms with Gasteiger partial charge in [0.1, 0.15) is 12.1 Å². The number of nitrogen functional groups attached to an aromatic ring is 1. The third-order valence-corrected chi connectivity index (χ3v) is 4.05. The highest BCUT2D eigenvalue weighted by Gasteiger charge is 2.29. The number of nitrogens with two attached hydrogens (primary N) is 1. The first-order valence-corrected chi connectivity index (χ1v) is 7.44. The first kappa shape index (κ1) is 15.6. The average Bonchev–Trinajstić information content (AvgIpc) is 2.92. The lowest BCUT2D eigenvalue weighted by atomic mass is 10.0. The van der Waals surface area contributed by atoms with Gasteiger partial charge in [-0.1, -0.05) is 12.1 Å². The summed E-state index contributed by atoms with van der Waals surface area (Å²) in [5.74, 6) is 0.847. The third-order valence-electron chi connectivity index (χ3n) is 3.31. The van der Waals surface area contributed by atoms with Gasteiger partial charge >= 0.3 is 5.51 Å². The Morgan fingerprint density at radius 2 is 1.91 bits per heavy atom. The molecule has 1 aromatic carbocycles. The van der Waals surface area contributed by atoms with Gasteiger partial charge in [0.15, 0.2) is 0 Å². The van der Waals surface area contributed by atoms with Crippen molar-refractivity contribution in [2.45, 2.75) is 23.7 Å². The van der Waals surface area contributed by atoms with Gasteiger partial charge in [0.25, 0.3) is 5.78 Å². The molecule has 2 heterocycles. The SMILES string of the molecule is Cc1nc2ncnn2c(N)c1Cc1ccc(SC(F)(F)F)cc1. The van der Waals surface area contributed by atoms with Crippen LogP contribution in [0.15, 0.2) is 35.5 Å². The lowest BCUT2D eigenvalue weighted by molar-refractivity contribution is -0.0328. The quantitative estimate of drug-likeness (QED) is 0.742. The summed E-state index contributed by atoms with van der Waals surface area (Å²) in [5.41, 5.74) is 4.14. The molecule has 0 unspecified atom stereocenters. The Kier molecular flexibility index (Phi) is 3.88. The molecule has 0 saturated heterocycles. The molecule has 0 bridgehead atoms. The summed E-state index contributed by atoms with van der Waals surface area (Å²) in [6.45, 7) is 1.81. The van der Waals surface area contributed by atoms with Gasteiger partial charge in [-0.05, 0) is 36.4 Å². The predicted octanol–water partition coefficient (Wildman–Crippen LogP) is 3.22. The number of anilines is 1. The summed E-state index contributed by atoms with van der Waals surface area (Å²) >= 11 is -0.134. The van der Waals surface area contributed by atoms with Gasteiger partial charge in [-0.3, -0.25) is 0 Å². The van der Waals surface area contributed by atoms with Gasteiger partial charge in [-0.2, -0.15) is 27.8 Å². The highest BCUT2D eigenvalue weighted by atomic mass is 32.2. The second-order valence-electron chi connectivity index (χ2n) is 4.90. The van der Waals surface area contributed by atoms with Gasteiger partial charge < -0.3 is 5.73 Å². The Bertz CT molecular complexity index is 842. The summed E-state index contributed by atoms with van der Waals surface area (Å²) in [5, 5.41) is 4.01. The highest BCUT2D eigenvalue weighted by Crippen LogP contribution is 2.36. The van der Waals surface area contributed by atoms with E-state index in [2.05, 4.69) is 15.1 Å². The number of aryl methyl sites for hydroxylation is 1. The van der Waals surface area contributed by atoms with E-state index in [1.807, 2.05) is 6.92 Å². The van der Waals surface area contributed by atoms with Crippen LogP contribution >= 0.6 is 11.8 Å². The van der Waals surface area contributed by atoms with E-state index in [0.717, 1.165) is 16.8 Å². The van der Waals surface area contributed by atoms with Crippen LogP contribution in [0.5, 0.6) is 0 Å². The van der Waals surface area contributed by atoms with Crippen molar-refractivity contribution >= 4 is 23.4 Å². The molecular formula is C14H12F3N5S. The molecule has 9 heteroatoms. The van der Waals surface area contributed by atoms with E-state index in [1.165, 1.54) is 23.0 Å². The van der Waals surface area contributed by atoms with Crippen molar-refractivity contribution in [1.82, 2.24) is 19.6 Å². The largest absolute Gasteiger partial charge is 0.446 e. The molecule has 2 N–H and O–H groups in total. The fourth-order valence-corrected chi connectivity index (χ4v) is 2.78. The number of halogens is 3. The van der Waals surface area contributed by atoms with Crippen LogP contribution < -0.4 is 5.73 Å². The Balaban J connectivity index is 1.87. The van der Waals surface area contributed by atoms with E-state index >= 15 is 0 Å². The highest BCUT2D eigenvalue weighted by molar-refractivity contribution is 8.00. The zero-order valence-electron chi connectivity index (χ0n) is 12.0. The zero-order chi connectivity index (χ0) is 16.6. The van der Waals surface area contributed by atoms with Crippen LogP contribution in [0.1, 0.15) is 16.8 Å². The van der Waals surface area contributed by atoms with Crippen LogP contribution in [0.4, 0.5) is 19.0 Å². The van der Waals surface area contributed by atoms with Gasteiger partial charge in [-0.15, -0.1) is 0 Å². The fraction of sp³-hybridized carbons (Fsp3) is 0.214. The molecule has 0 aliphatic heterocycles. The monoisotopic (exact) mass is 339 g/mol. The second-order valence-corrected chi connectivity index (χ2v) is 6.04. The summed E-state index contributed by atoms with van der Waals surface area (Å²) in [4.78, 5) is 8.45. The smallest absolute Gasteiger partial charge is 0.383 e. The lowest BCUT2D eigenvalue weighted by Gasteiger charge is -2.11. The number of alkyl halides is 3. The van der Waals surface area contributed by atoms with E-state index in [4.69, 9.17) is 5.73 Å². The number of hydrogen-bond acceptors (Lipinski definition) is 5. The molecule has 0 amide bonds. The second kappa shape index (κ2) is 5.73. The van der Waals surface area contributed by atoms with Crippen molar-refractivity contribution in [2.24, 2.45) is 0 Å².